The van der Waals surface area contributed by atoms with Crippen molar-refractivity contribution < 1.29 is 5.11 Å². The SMILES string of the molecule is O=c1cc(NCc2ccccc2O)nc(C2CC2)[nH]1. The Labute approximate surface area is 110 Å². The van der Waals surface area contributed by atoms with Gasteiger partial charge in [0.05, 0.1) is 0 Å². The minimum atomic E-state index is -0.142. The zero-order chi connectivity index (χ0) is 13.2. The van der Waals surface area contributed by atoms with E-state index < -0.39 is 0 Å². The Kier molecular flexibility index (Phi) is 2.95. The van der Waals surface area contributed by atoms with Gasteiger partial charge in [-0.3, -0.25) is 4.79 Å². The fourth-order valence-corrected chi connectivity index (χ4v) is 1.96. The maximum atomic E-state index is 11.5. The number of benzene rings is 1. The predicted octanol–water partition coefficient (Wildman–Crippen LogP) is 1.96. The molecule has 3 N–H and O–H groups in total. The summed E-state index contributed by atoms with van der Waals surface area (Å²) in [5.41, 5.74) is 0.634. The third-order valence-corrected chi connectivity index (χ3v) is 3.18. The third-order valence-electron chi connectivity index (χ3n) is 3.18. The number of phenolic OH excluding ortho intramolecular Hbond substituents is 1. The number of hydrogen-bond donors (Lipinski definition) is 3. The van der Waals surface area contributed by atoms with Crippen LogP contribution in [0.25, 0.3) is 0 Å². The minimum Gasteiger partial charge on any atom is -0.508 e. The molecule has 1 heterocycles. The standard InChI is InChI=1S/C14H15N3O2/c18-11-4-2-1-3-10(11)8-15-12-7-13(19)17-14(16-12)9-5-6-9/h1-4,7,9,18H,5-6,8H2,(H2,15,16,17,19). The molecule has 1 aliphatic carbocycles. The number of H-pyrrole nitrogens is 1. The number of phenols is 1. The van der Waals surface area contributed by atoms with E-state index in [1.165, 1.54) is 6.07 Å². The van der Waals surface area contributed by atoms with Crippen LogP contribution in [0.3, 0.4) is 0 Å². The van der Waals surface area contributed by atoms with E-state index in [1.807, 2.05) is 12.1 Å². The number of nitrogens with zero attached hydrogens (tertiary/aromatic N) is 1. The molecule has 3 rings (SSSR count). The van der Waals surface area contributed by atoms with Gasteiger partial charge in [0.15, 0.2) is 0 Å². The molecule has 1 saturated carbocycles. The largest absolute Gasteiger partial charge is 0.508 e. The van der Waals surface area contributed by atoms with E-state index in [2.05, 4.69) is 15.3 Å². The monoisotopic (exact) mass is 257 g/mol. The zero-order valence-corrected chi connectivity index (χ0v) is 10.4. The lowest BCUT2D eigenvalue weighted by Gasteiger charge is -2.08. The van der Waals surface area contributed by atoms with Crippen LogP contribution in [0.15, 0.2) is 35.1 Å². The molecule has 2 aromatic rings. The molecule has 0 spiro atoms. The van der Waals surface area contributed by atoms with Crippen LogP contribution in [0, 0.1) is 0 Å². The Bertz CT molecular complexity index is 647. The predicted molar refractivity (Wildman–Crippen MR) is 72.3 cm³/mol. The lowest BCUT2D eigenvalue weighted by Crippen LogP contribution is -2.13. The van der Waals surface area contributed by atoms with Crippen LogP contribution >= 0.6 is 0 Å². The van der Waals surface area contributed by atoms with Crippen LogP contribution in [0.5, 0.6) is 5.75 Å². The number of aromatic hydroxyl groups is 1. The van der Waals surface area contributed by atoms with Crippen LogP contribution < -0.4 is 10.9 Å². The summed E-state index contributed by atoms with van der Waals surface area (Å²) in [6.45, 7) is 0.438. The Morgan fingerprint density at radius 2 is 2.16 bits per heavy atom. The highest BCUT2D eigenvalue weighted by Crippen LogP contribution is 2.37. The van der Waals surface area contributed by atoms with Crippen molar-refractivity contribution in [1.82, 2.24) is 9.97 Å². The number of anilines is 1. The van der Waals surface area contributed by atoms with Crippen molar-refractivity contribution in [2.75, 3.05) is 5.32 Å². The molecular formula is C14H15N3O2. The van der Waals surface area contributed by atoms with Gasteiger partial charge in [-0.25, -0.2) is 4.98 Å². The zero-order valence-electron chi connectivity index (χ0n) is 10.4. The number of rotatable bonds is 4. The molecule has 19 heavy (non-hydrogen) atoms. The third kappa shape index (κ3) is 2.76. The minimum absolute atomic E-state index is 0.142. The van der Waals surface area contributed by atoms with Crippen molar-refractivity contribution in [1.29, 1.82) is 0 Å². The average molecular weight is 257 g/mol. The summed E-state index contributed by atoms with van der Waals surface area (Å²) in [7, 11) is 0. The lowest BCUT2D eigenvalue weighted by atomic mass is 10.2. The molecule has 0 saturated heterocycles. The maximum Gasteiger partial charge on any atom is 0.252 e. The summed E-state index contributed by atoms with van der Waals surface area (Å²) in [4.78, 5) is 18.7. The van der Waals surface area contributed by atoms with Crippen molar-refractivity contribution in [2.45, 2.75) is 25.3 Å². The van der Waals surface area contributed by atoms with Crippen molar-refractivity contribution >= 4 is 5.82 Å². The Morgan fingerprint density at radius 1 is 1.37 bits per heavy atom. The summed E-state index contributed by atoms with van der Waals surface area (Å²) in [5.74, 6) is 1.95. The molecule has 1 fully saturated rings. The van der Waals surface area contributed by atoms with E-state index in [-0.39, 0.29) is 11.3 Å². The first kappa shape index (κ1) is 11.8. The van der Waals surface area contributed by atoms with Gasteiger partial charge in [0.2, 0.25) is 0 Å². The van der Waals surface area contributed by atoms with Gasteiger partial charge in [-0.15, -0.1) is 0 Å². The van der Waals surface area contributed by atoms with Crippen LogP contribution in [-0.4, -0.2) is 15.1 Å². The van der Waals surface area contributed by atoms with Gasteiger partial charge >= 0.3 is 0 Å². The molecule has 5 nitrogen and oxygen atoms in total. The second kappa shape index (κ2) is 4.76. The first-order valence-electron chi connectivity index (χ1n) is 6.34. The molecule has 0 amide bonds. The van der Waals surface area contributed by atoms with Crippen molar-refractivity contribution in [3.63, 3.8) is 0 Å². The van der Waals surface area contributed by atoms with E-state index >= 15 is 0 Å². The van der Waals surface area contributed by atoms with Gasteiger partial charge in [-0.1, -0.05) is 18.2 Å². The molecule has 5 heteroatoms. The molecule has 0 bridgehead atoms. The molecule has 0 radical (unpaired) electrons. The molecule has 0 unspecified atom stereocenters. The van der Waals surface area contributed by atoms with Gasteiger partial charge in [0.1, 0.15) is 17.4 Å². The summed E-state index contributed by atoms with van der Waals surface area (Å²) in [6, 6.07) is 8.54. The smallest absolute Gasteiger partial charge is 0.252 e. The van der Waals surface area contributed by atoms with Gasteiger partial charge in [0, 0.05) is 24.1 Å². The fraction of sp³-hybridized carbons (Fsp3) is 0.286. The number of aromatic amines is 1. The maximum absolute atomic E-state index is 11.5. The summed E-state index contributed by atoms with van der Waals surface area (Å²) >= 11 is 0. The van der Waals surface area contributed by atoms with Gasteiger partial charge in [-0.2, -0.15) is 0 Å². The number of aromatic nitrogens is 2. The molecule has 98 valence electrons. The topological polar surface area (TPSA) is 78.0 Å². The Morgan fingerprint density at radius 3 is 2.89 bits per heavy atom. The highest BCUT2D eigenvalue weighted by molar-refractivity contribution is 5.39. The second-order valence-electron chi connectivity index (χ2n) is 4.77. The lowest BCUT2D eigenvalue weighted by molar-refractivity contribution is 0.469. The highest BCUT2D eigenvalue weighted by atomic mass is 16.3. The number of para-hydroxylation sites is 1. The average Bonchev–Trinajstić information content (AvgIpc) is 3.21. The van der Waals surface area contributed by atoms with E-state index in [9.17, 15) is 9.90 Å². The van der Waals surface area contributed by atoms with Gasteiger partial charge in [0.25, 0.3) is 5.56 Å². The van der Waals surface area contributed by atoms with E-state index in [1.54, 1.807) is 12.1 Å². The van der Waals surface area contributed by atoms with Crippen LogP contribution in [0.4, 0.5) is 5.82 Å². The van der Waals surface area contributed by atoms with E-state index in [4.69, 9.17) is 0 Å². The number of nitrogens with one attached hydrogen (secondary N) is 2. The molecule has 1 aliphatic rings. The van der Waals surface area contributed by atoms with Crippen molar-refractivity contribution in [3.8, 4) is 5.75 Å². The first-order chi connectivity index (χ1) is 9.22. The van der Waals surface area contributed by atoms with Gasteiger partial charge < -0.3 is 15.4 Å². The second-order valence-corrected chi connectivity index (χ2v) is 4.77. The normalized spacial score (nSPS) is 14.3. The van der Waals surface area contributed by atoms with Crippen molar-refractivity contribution in [3.05, 3.63) is 52.1 Å². The molecule has 0 aliphatic heterocycles. The molecule has 1 aromatic carbocycles. The van der Waals surface area contributed by atoms with E-state index in [0.717, 1.165) is 24.2 Å². The van der Waals surface area contributed by atoms with Crippen molar-refractivity contribution in [2.24, 2.45) is 0 Å². The highest BCUT2D eigenvalue weighted by Gasteiger charge is 2.26. The molecule has 0 atom stereocenters. The summed E-state index contributed by atoms with van der Waals surface area (Å²) < 4.78 is 0. The van der Waals surface area contributed by atoms with Crippen LogP contribution in [-0.2, 0) is 6.54 Å². The Balaban J connectivity index is 1.76. The van der Waals surface area contributed by atoms with Crippen LogP contribution in [0.1, 0.15) is 30.1 Å². The first-order valence-corrected chi connectivity index (χ1v) is 6.34. The van der Waals surface area contributed by atoms with Crippen LogP contribution in [0.2, 0.25) is 0 Å². The molecule has 1 aromatic heterocycles. The quantitative estimate of drug-likeness (QED) is 0.782. The fourth-order valence-electron chi connectivity index (χ4n) is 1.96. The molecular weight excluding hydrogens is 242 g/mol. The number of hydrogen-bond acceptors (Lipinski definition) is 4. The summed E-state index contributed by atoms with van der Waals surface area (Å²) in [6.07, 6.45) is 2.18. The Hall–Kier alpha value is -2.30. The van der Waals surface area contributed by atoms with Gasteiger partial charge in [-0.05, 0) is 18.9 Å². The summed E-state index contributed by atoms with van der Waals surface area (Å²) in [5, 5.41) is 12.7. The van der Waals surface area contributed by atoms with E-state index in [0.29, 0.717) is 18.3 Å².